The number of rotatable bonds is 53. The second-order valence-corrected chi connectivity index (χ2v) is 33.6. The van der Waals surface area contributed by atoms with E-state index in [-0.39, 0.29) is 12.8 Å². The molecule has 0 amide bonds. The minimum Gasteiger partial charge on any atom is -0.462 e. The molecule has 122 heavy (non-hydrogen) atoms. The smallest absolute Gasteiger partial charge is 0.462 e. The molecule has 1 aliphatic carbocycles. The van der Waals surface area contributed by atoms with Gasteiger partial charge in [0, 0.05) is 12.8 Å². The molecule has 0 spiro atoms. The molecule has 0 bridgehead atoms. The zero-order valence-electron chi connectivity index (χ0n) is 68.9. The summed E-state index contributed by atoms with van der Waals surface area (Å²) in [6.07, 6.45) is -46.5. The highest BCUT2D eigenvalue weighted by Crippen LogP contribution is 2.49. The zero-order valence-corrected chi connectivity index (χ0v) is 69.8. The van der Waals surface area contributed by atoms with Gasteiger partial charge in [-0.3, -0.25) is 18.6 Å². The van der Waals surface area contributed by atoms with Gasteiger partial charge in [0.15, 0.2) is 43.8 Å². The fourth-order valence-corrected chi connectivity index (χ4v) is 15.9. The monoisotopic (exact) mass is 1790 g/mol. The molecule has 44 heteroatoms. The third-order valence-electron chi connectivity index (χ3n) is 22.6. The number of unbranched alkanes of at least 4 members (excludes halogenated alkanes) is 19. The van der Waals surface area contributed by atoms with Gasteiger partial charge < -0.3 is 189 Å². The number of carbonyl (C=O) groups excluding carboxylic acids is 2. The Balaban J connectivity index is 1.00. The van der Waals surface area contributed by atoms with Crippen LogP contribution < -0.4 is 0 Å². The molecule has 0 aromatic rings. The minimum atomic E-state index is -5.89. The molecule has 24 N–H and O–H groups in total. The van der Waals surface area contributed by atoms with Crippen LogP contribution in [0, 0.1) is 0 Å². The van der Waals surface area contributed by atoms with Gasteiger partial charge in [0.2, 0.25) is 0 Å². The predicted octanol–water partition coefficient (Wildman–Crippen LogP) is -5.39. The van der Waals surface area contributed by atoms with Gasteiger partial charge in [0.25, 0.3) is 0 Å². The van der Waals surface area contributed by atoms with Gasteiger partial charge in [-0.25, -0.2) is 4.57 Å². The van der Waals surface area contributed by atoms with Gasteiger partial charge in [-0.2, -0.15) is 0 Å². The van der Waals surface area contributed by atoms with Crippen molar-refractivity contribution >= 4 is 19.8 Å². The predicted molar refractivity (Wildman–Crippen MR) is 412 cm³/mol. The maximum Gasteiger partial charge on any atom is 0.472 e. The molecule has 43 nitrogen and oxygen atoms in total. The van der Waals surface area contributed by atoms with E-state index in [9.17, 15) is 136 Å². The Labute approximate surface area is 707 Å². The normalized spacial score (nSPS) is 40.0. The van der Waals surface area contributed by atoms with Crippen molar-refractivity contribution in [1.82, 2.24) is 0 Å². The lowest BCUT2D eigenvalue weighted by Gasteiger charge is -2.49. The highest BCUT2D eigenvalue weighted by atomic mass is 31.2. The van der Waals surface area contributed by atoms with Crippen LogP contribution in [-0.2, 0) is 89.5 Å². The van der Waals surface area contributed by atoms with Gasteiger partial charge >= 0.3 is 19.8 Å². The summed E-state index contributed by atoms with van der Waals surface area (Å²) >= 11 is 0. The molecule has 0 aromatic carbocycles. The summed E-state index contributed by atoms with van der Waals surface area (Å²) in [4.78, 5) is 38.4. The van der Waals surface area contributed by atoms with Gasteiger partial charge in [0.1, 0.15) is 190 Å². The van der Waals surface area contributed by atoms with Crippen molar-refractivity contribution < 1.29 is 212 Å². The zero-order chi connectivity index (χ0) is 89.5. The van der Waals surface area contributed by atoms with E-state index in [2.05, 4.69) is 38.2 Å². The SMILES string of the molecule is CCCCCC/C=C\C/C=C\CCCCCCCC(=O)OC[C@H](COP(=O)(O)O[C@@H]1C(O[C@@H]2OC(CO[C@@H]3OC(CO[C@@H]4OC(CO[C@@H]5OC(CO[C@@H]6OC(CO)[C@H](O)C(O)[C@@H]6O)[C@H](O)C(O)[C@@H]5O)[C@H](O)C(O)[C@@H]4O)[C@H](O)C(O)[C@@H]3O)[C@H](O)C(O)[C@@H]2O)C(O)[C@@H](O)C(O)[C@H]1O[C@H]1OC(CO)[C@@H](O)C(O)[C@H]1O)OC(=O)CCCCCCCCCCCCC. The molecule has 16 unspecified atom stereocenters. The van der Waals surface area contributed by atoms with E-state index < -0.39 is 300 Å². The van der Waals surface area contributed by atoms with Crippen LogP contribution >= 0.6 is 7.82 Å². The number of ether oxygens (including phenoxy) is 14. The van der Waals surface area contributed by atoms with E-state index in [1.165, 1.54) is 38.5 Å². The number of carbonyl (C=O) groups is 2. The number of phosphoric ester groups is 1. The van der Waals surface area contributed by atoms with Crippen molar-refractivity contribution in [3.63, 3.8) is 0 Å². The fourth-order valence-electron chi connectivity index (χ4n) is 15.0. The largest absolute Gasteiger partial charge is 0.472 e. The summed E-state index contributed by atoms with van der Waals surface area (Å²) in [6, 6.07) is 0. The molecule has 7 rings (SSSR count). The maximum atomic E-state index is 14.5. The van der Waals surface area contributed by atoms with Crippen molar-refractivity contribution in [2.75, 3.05) is 52.9 Å². The molecule has 38 atom stereocenters. The third kappa shape index (κ3) is 31.4. The summed E-state index contributed by atoms with van der Waals surface area (Å²) in [5.41, 5.74) is 0. The van der Waals surface area contributed by atoms with Gasteiger partial charge in [-0.05, 0) is 44.9 Å². The Morgan fingerprint density at radius 1 is 0.328 bits per heavy atom. The van der Waals surface area contributed by atoms with Crippen LogP contribution in [0.25, 0.3) is 0 Å². The van der Waals surface area contributed by atoms with E-state index in [4.69, 9.17) is 75.4 Å². The molecule has 7 aliphatic rings. The Kier molecular flexibility index (Phi) is 47.1. The first-order valence-corrected chi connectivity index (χ1v) is 44.2. The molecule has 0 radical (unpaired) electrons. The van der Waals surface area contributed by atoms with Crippen LogP contribution in [0.15, 0.2) is 24.3 Å². The molecular formula is C78H137O43P. The summed E-state index contributed by atoms with van der Waals surface area (Å²) in [6.45, 7) is -2.98. The van der Waals surface area contributed by atoms with Crippen molar-refractivity contribution in [3.8, 4) is 0 Å². The summed E-state index contributed by atoms with van der Waals surface area (Å²) < 4.78 is 104. The molecule has 0 aromatic heterocycles. The number of allylic oxidation sites excluding steroid dienone is 4. The van der Waals surface area contributed by atoms with Crippen molar-refractivity contribution in [1.29, 1.82) is 0 Å². The van der Waals surface area contributed by atoms with E-state index in [0.717, 1.165) is 83.5 Å². The first-order valence-electron chi connectivity index (χ1n) is 42.7. The average Bonchev–Trinajstić information content (AvgIpc) is 0.758. The molecule has 6 heterocycles. The first-order chi connectivity index (χ1) is 58.2. The Hall–Kier alpha value is -2.87. The second kappa shape index (κ2) is 54.1. The molecule has 6 saturated heterocycles. The number of hydrogen-bond donors (Lipinski definition) is 24. The van der Waals surface area contributed by atoms with Gasteiger partial charge in [0.05, 0.1) is 46.2 Å². The second-order valence-electron chi connectivity index (χ2n) is 32.2. The summed E-state index contributed by atoms with van der Waals surface area (Å²) in [5.74, 6) is -1.52. The van der Waals surface area contributed by atoms with Crippen LogP contribution in [0.4, 0.5) is 0 Å². The molecule has 6 aliphatic heterocycles. The van der Waals surface area contributed by atoms with Crippen LogP contribution in [0.5, 0.6) is 0 Å². The standard InChI is InChI=1S/C78H137O43P/c1-3-5-7-9-11-13-15-16-17-18-19-21-22-24-26-28-30-47(81)106-34-40(112-48(82)31-29-27-25-23-20-14-12-10-8-6-4-2)35-111-122(104,105)121-72-70(119-77-68(102)56(90)50(84)42(33-80)114-77)62(96)61(95)63(97)71(72)120-78-69(103)60(94)54(88)46(118-78)39-110-76-67(101)59(93)53(87)45(117-76)38-109-75-66(100)58(92)52(86)44(116-75)37-108-74-65(99)57(91)51(85)43(115-74)36-107-73-64(98)55(89)49(83)41(32-79)113-73/h13,15,17-18,40-46,49-80,83-103H,3-12,14,16,19-39H2,1-2H3,(H,104,105)/b15-13-,18-17-/t40-,41?,42?,43?,44?,45?,46?,49+,50-,51+,52+,53+,54+,55?,56?,57?,58?,59?,60?,61+,62?,63?,64+,65+,66+,67+,68-,69+,70-,71?,72+,73-,74-,75-,76-,77-,78+/m1/s1. The van der Waals surface area contributed by atoms with Crippen molar-refractivity contribution in [2.45, 2.75) is 401 Å². The number of aliphatic hydroxyl groups is 23. The minimum absolute atomic E-state index is 0.0486. The number of hydrogen-bond acceptors (Lipinski definition) is 42. The average molecular weight is 1790 g/mol. The first kappa shape index (κ1) is 106. The quantitative estimate of drug-likeness (QED) is 0.0117. The Bertz CT molecular complexity index is 3010. The number of esters is 2. The van der Waals surface area contributed by atoms with E-state index in [1.54, 1.807) is 0 Å². The lowest BCUT2D eigenvalue weighted by atomic mass is 9.84. The topological polar surface area (TPSA) is 684 Å². The van der Waals surface area contributed by atoms with E-state index >= 15 is 0 Å². The molecule has 712 valence electrons. The van der Waals surface area contributed by atoms with Crippen molar-refractivity contribution in [3.05, 3.63) is 24.3 Å². The number of aliphatic hydroxyl groups excluding tert-OH is 23. The Morgan fingerprint density at radius 3 is 0.975 bits per heavy atom. The van der Waals surface area contributed by atoms with Crippen LogP contribution in [0.1, 0.15) is 174 Å². The van der Waals surface area contributed by atoms with Crippen LogP contribution in [-0.4, -0.2) is 414 Å². The molecule has 1 saturated carbocycles. The highest BCUT2D eigenvalue weighted by molar-refractivity contribution is 7.47. The van der Waals surface area contributed by atoms with Crippen molar-refractivity contribution in [2.24, 2.45) is 0 Å². The maximum absolute atomic E-state index is 14.5. The summed E-state index contributed by atoms with van der Waals surface area (Å²) in [7, 11) is -5.89. The molecule has 7 fully saturated rings. The van der Waals surface area contributed by atoms with Crippen LogP contribution in [0.2, 0.25) is 0 Å². The summed E-state index contributed by atoms with van der Waals surface area (Å²) in [5, 5.41) is 250. The lowest BCUT2D eigenvalue weighted by molar-refractivity contribution is -0.365. The third-order valence-corrected chi connectivity index (χ3v) is 23.6. The fraction of sp³-hybridized carbons (Fsp3) is 0.923. The van der Waals surface area contributed by atoms with Crippen LogP contribution in [0.3, 0.4) is 0 Å². The molecular weight excluding hydrogens is 1660 g/mol. The van der Waals surface area contributed by atoms with E-state index in [1.807, 2.05) is 0 Å². The Morgan fingerprint density at radius 2 is 0.615 bits per heavy atom. The van der Waals surface area contributed by atoms with Gasteiger partial charge in [-0.15, -0.1) is 0 Å². The highest BCUT2D eigenvalue weighted by Gasteiger charge is 2.60. The van der Waals surface area contributed by atoms with E-state index in [0.29, 0.717) is 25.7 Å². The number of phosphoric acid groups is 1. The lowest BCUT2D eigenvalue weighted by Crippen LogP contribution is -2.69. The van der Waals surface area contributed by atoms with Gasteiger partial charge in [-0.1, -0.05) is 141 Å².